The van der Waals surface area contributed by atoms with Gasteiger partial charge in [0, 0.05) is 39.7 Å². The van der Waals surface area contributed by atoms with Gasteiger partial charge >= 0.3 is 0 Å². The molecule has 156 valence electrons. The standard InChI is InChI=1S/C23H18BrN3O4/c1-30-18-7-3-4-14(11-18)20-13-21-19-12-16(24)8-9-22(19)31-23(26(21)25-20)15-5-2-6-17(10-15)27(28)29/h2-12,21,23H,13H2,1H3/t21-,23+/m0/s1. The fourth-order valence-electron chi connectivity index (χ4n) is 4.05. The third-order valence-electron chi connectivity index (χ3n) is 5.52. The molecule has 0 saturated carbocycles. The van der Waals surface area contributed by atoms with Gasteiger partial charge in [-0.25, -0.2) is 5.01 Å². The molecule has 0 amide bonds. The van der Waals surface area contributed by atoms with E-state index in [1.165, 1.54) is 6.07 Å². The van der Waals surface area contributed by atoms with E-state index in [1.807, 2.05) is 53.5 Å². The van der Waals surface area contributed by atoms with Crippen LogP contribution in [-0.2, 0) is 0 Å². The Kier molecular flexibility index (Phi) is 4.86. The van der Waals surface area contributed by atoms with Gasteiger partial charge in [-0.1, -0.05) is 40.2 Å². The van der Waals surface area contributed by atoms with Gasteiger partial charge in [-0.3, -0.25) is 10.1 Å². The van der Waals surface area contributed by atoms with Crippen molar-refractivity contribution in [1.29, 1.82) is 0 Å². The summed E-state index contributed by atoms with van der Waals surface area (Å²) in [6, 6.07) is 20.2. The number of hydrogen-bond donors (Lipinski definition) is 0. The van der Waals surface area contributed by atoms with Gasteiger partial charge in [-0.2, -0.15) is 5.10 Å². The summed E-state index contributed by atoms with van der Waals surface area (Å²) in [5, 5.41) is 18.1. The highest BCUT2D eigenvalue weighted by atomic mass is 79.9. The highest BCUT2D eigenvalue weighted by molar-refractivity contribution is 9.10. The second kappa shape index (κ2) is 7.70. The average molecular weight is 480 g/mol. The van der Waals surface area contributed by atoms with Crippen molar-refractivity contribution in [2.45, 2.75) is 18.7 Å². The van der Waals surface area contributed by atoms with Crippen molar-refractivity contribution in [3.8, 4) is 11.5 Å². The van der Waals surface area contributed by atoms with E-state index in [1.54, 1.807) is 19.2 Å². The Morgan fingerprint density at radius 2 is 2.00 bits per heavy atom. The third kappa shape index (κ3) is 3.53. The van der Waals surface area contributed by atoms with Crippen LogP contribution in [-0.4, -0.2) is 22.8 Å². The maximum atomic E-state index is 11.3. The SMILES string of the molecule is COc1cccc(C2=NN3[C@@H](c4cccc([N+](=O)[O-])c4)Oc4ccc(Br)cc4[C@@H]3C2)c1. The highest BCUT2D eigenvalue weighted by Gasteiger charge is 2.41. The number of nitro groups is 1. The fraction of sp³-hybridized carbons (Fsp3) is 0.174. The minimum absolute atomic E-state index is 0.0236. The van der Waals surface area contributed by atoms with Crippen LogP contribution in [0, 0.1) is 10.1 Å². The summed E-state index contributed by atoms with van der Waals surface area (Å²) in [6.07, 6.45) is 0.118. The molecule has 2 aliphatic rings. The predicted octanol–water partition coefficient (Wildman–Crippen LogP) is 5.61. The molecule has 3 aromatic rings. The van der Waals surface area contributed by atoms with E-state index in [-0.39, 0.29) is 11.7 Å². The molecule has 31 heavy (non-hydrogen) atoms. The second-order valence-corrected chi connectivity index (χ2v) is 8.30. The summed E-state index contributed by atoms with van der Waals surface area (Å²) >= 11 is 3.55. The zero-order valence-corrected chi connectivity index (χ0v) is 18.2. The Morgan fingerprint density at radius 3 is 2.81 bits per heavy atom. The number of ether oxygens (including phenoxy) is 2. The zero-order chi connectivity index (χ0) is 21.5. The summed E-state index contributed by atoms with van der Waals surface area (Å²) < 4.78 is 12.6. The van der Waals surface area contributed by atoms with E-state index in [4.69, 9.17) is 14.6 Å². The van der Waals surface area contributed by atoms with E-state index in [0.717, 1.165) is 32.8 Å². The normalized spacial score (nSPS) is 19.2. The van der Waals surface area contributed by atoms with Crippen LogP contribution in [0.15, 0.2) is 76.3 Å². The molecule has 7 nitrogen and oxygen atoms in total. The van der Waals surface area contributed by atoms with Crippen LogP contribution in [0.2, 0.25) is 0 Å². The molecular formula is C23H18BrN3O4. The van der Waals surface area contributed by atoms with Crippen molar-refractivity contribution in [3.63, 3.8) is 0 Å². The molecule has 2 aliphatic heterocycles. The van der Waals surface area contributed by atoms with E-state index in [9.17, 15) is 10.1 Å². The lowest BCUT2D eigenvalue weighted by Gasteiger charge is -2.38. The van der Waals surface area contributed by atoms with Gasteiger partial charge in [0.15, 0.2) is 0 Å². The summed E-state index contributed by atoms with van der Waals surface area (Å²) in [5.74, 6) is 1.52. The first kappa shape index (κ1) is 19.6. The Hall–Kier alpha value is -3.39. The lowest BCUT2D eigenvalue weighted by Crippen LogP contribution is -2.33. The molecule has 0 radical (unpaired) electrons. The van der Waals surface area contributed by atoms with Crippen LogP contribution in [0.5, 0.6) is 11.5 Å². The highest BCUT2D eigenvalue weighted by Crippen LogP contribution is 2.48. The van der Waals surface area contributed by atoms with E-state index >= 15 is 0 Å². The smallest absolute Gasteiger partial charge is 0.269 e. The molecule has 0 aromatic heterocycles. The summed E-state index contributed by atoms with van der Waals surface area (Å²) in [5.41, 5.74) is 3.62. The Labute approximate surface area is 187 Å². The number of hydrazone groups is 1. The topological polar surface area (TPSA) is 77.2 Å². The van der Waals surface area contributed by atoms with Gasteiger partial charge in [0.1, 0.15) is 11.5 Å². The molecule has 0 aliphatic carbocycles. The average Bonchev–Trinajstić information content (AvgIpc) is 3.24. The van der Waals surface area contributed by atoms with Crippen LogP contribution < -0.4 is 9.47 Å². The van der Waals surface area contributed by atoms with Crippen LogP contribution >= 0.6 is 15.9 Å². The number of nitrogens with zero attached hydrogens (tertiary/aromatic N) is 3. The van der Waals surface area contributed by atoms with Crippen molar-refractivity contribution in [1.82, 2.24) is 5.01 Å². The van der Waals surface area contributed by atoms with Crippen molar-refractivity contribution in [3.05, 3.63) is 98.0 Å². The van der Waals surface area contributed by atoms with Crippen LogP contribution in [0.3, 0.4) is 0 Å². The van der Waals surface area contributed by atoms with Crippen molar-refractivity contribution in [2.75, 3.05) is 7.11 Å². The van der Waals surface area contributed by atoms with Gasteiger partial charge in [0.25, 0.3) is 5.69 Å². The molecule has 8 heteroatoms. The summed E-state index contributed by atoms with van der Waals surface area (Å²) in [7, 11) is 1.64. The summed E-state index contributed by atoms with van der Waals surface area (Å²) in [4.78, 5) is 10.9. The number of non-ortho nitro benzene ring substituents is 1. The molecule has 0 unspecified atom stereocenters. The number of hydrogen-bond acceptors (Lipinski definition) is 6. The van der Waals surface area contributed by atoms with Gasteiger partial charge in [-0.15, -0.1) is 0 Å². The van der Waals surface area contributed by atoms with Crippen LogP contribution in [0.1, 0.15) is 35.4 Å². The molecule has 2 heterocycles. The zero-order valence-electron chi connectivity index (χ0n) is 16.6. The molecule has 5 rings (SSSR count). The minimum atomic E-state index is -0.568. The van der Waals surface area contributed by atoms with Gasteiger partial charge < -0.3 is 9.47 Å². The van der Waals surface area contributed by atoms with E-state index in [0.29, 0.717) is 12.0 Å². The number of nitro benzene ring substituents is 1. The molecule has 0 N–H and O–H groups in total. The molecule has 0 saturated heterocycles. The molecule has 0 fully saturated rings. The number of halogens is 1. The maximum absolute atomic E-state index is 11.3. The Morgan fingerprint density at radius 1 is 1.16 bits per heavy atom. The van der Waals surface area contributed by atoms with Gasteiger partial charge in [0.2, 0.25) is 6.23 Å². The third-order valence-corrected chi connectivity index (χ3v) is 6.01. The Bertz CT molecular complexity index is 1210. The monoisotopic (exact) mass is 479 g/mol. The number of methoxy groups -OCH3 is 1. The number of rotatable bonds is 4. The molecule has 0 bridgehead atoms. The minimum Gasteiger partial charge on any atom is -0.497 e. The van der Waals surface area contributed by atoms with Crippen molar-refractivity contribution < 1.29 is 14.4 Å². The van der Waals surface area contributed by atoms with Crippen LogP contribution in [0.4, 0.5) is 5.69 Å². The van der Waals surface area contributed by atoms with Gasteiger partial charge in [0.05, 0.1) is 23.8 Å². The molecule has 2 atom stereocenters. The quantitative estimate of drug-likeness (QED) is 0.359. The first-order chi connectivity index (χ1) is 15.0. The summed E-state index contributed by atoms with van der Waals surface area (Å²) in [6.45, 7) is 0. The fourth-order valence-corrected chi connectivity index (χ4v) is 4.43. The predicted molar refractivity (Wildman–Crippen MR) is 119 cm³/mol. The number of fused-ring (bicyclic) bond motifs is 3. The van der Waals surface area contributed by atoms with Gasteiger partial charge in [-0.05, 0) is 30.3 Å². The first-order valence-electron chi connectivity index (χ1n) is 9.74. The Balaban J connectivity index is 1.60. The first-order valence-corrected chi connectivity index (χ1v) is 10.5. The largest absolute Gasteiger partial charge is 0.497 e. The second-order valence-electron chi connectivity index (χ2n) is 7.38. The molecule has 3 aromatic carbocycles. The van der Waals surface area contributed by atoms with Crippen molar-refractivity contribution >= 4 is 27.3 Å². The molecule has 0 spiro atoms. The van der Waals surface area contributed by atoms with Crippen LogP contribution in [0.25, 0.3) is 0 Å². The van der Waals surface area contributed by atoms with E-state index in [2.05, 4.69) is 15.9 Å². The van der Waals surface area contributed by atoms with Crippen molar-refractivity contribution in [2.24, 2.45) is 5.10 Å². The lowest BCUT2D eigenvalue weighted by molar-refractivity contribution is -0.385. The number of benzene rings is 3. The molecular weight excluding hydrogens is 462 g/mol. The lowest BCUT2D eigenvalue weighted by atomic mass is 9.96. The van der Waals surface area contributed by atoms with E-state index < -0.39 is 11.2 Å². The maximum Gasteiger partial charge on any atom is 0.269 e.